The van der Waals surface area contributed by atoms with Crippen molar-refractivity contribution in [1.82, 2.24) is 0 Å². The first-order valence-electron chi connectivity index (χ1n) is 6.01. The van der Waals surface area contributed by atoms with Gasteiger partial charge >= 0.3 is 0 Å². The standard InChI is InChI=1S/C16H12BrNS/c1-11-10-19-15-8-3-2-7-14(15)16(18-11)12-5-4-6-13(17)9-12/h2-10H,1H3. The van der Waals surface area contributed by atoms with E-state index in [1.54, 1.807) is 11.8 Å². The zero-order valence-corrected chi connectivity index (χ0v) is 12.8. The van der Waals surface area contributed by atoms with Crippen LogP contribution in [0.3, 0.4) is 0 Å². The van der Waals surface area contributed by atoms with Gasteiger partial charge in [0.05, 0.1) is 5.71 Å². The van der Waals surface area contributed by atoms with Crippen LogP contribution in [-0.4, -0.2) is 5.71 Å². The van der Waals surface area contributed by atoms with Crippen molar-refractivity contribution in [2.24, 2.45) is 4.99 Å². The highest BCUT2D eigenvalue weighted by atomic mass is 79.9. The smallest absolute Gasteiger partial charge is 0.0789 e. The van der Waals surface area contributed by atoms with Gasteiger partial charge in [-0.15, -0.1) is 0 Å². The third-order valence-electron chi connectivity index (χ3n) is 2.88. The molecule has 0 fully saturated rings. The molecule has 1 nitrogen and oxygen atoms in total. The van der Waals surface area contributed by atoms with Gasteiger partial charge in [0.15, 0.2) is 0 Å². The summed E-state index contributed by atoms with van der Waals surface area (Å²) < 4.78 is 1.07. The highest BCUT2D eigenvalue weighted by Crippen LogP contribution is 2.31. The lowest BCUT2D eigenvalue weighted by Crippen LogP contribution is -2.04. The molecule has 0 unspecified atom stereocenters. The van der Waals surface area contributed by atoms with Crippen molar-refractivity contribution in [2.75, 3.05) is 0 Å². The Morgan fingerprint density at radius 3 is 2.74 bits per heavy atom. The average molecular weight is 330 g/mol. The fourth-order valence-electron chi connectivity index (χ4n) is 2.03. The molecule has 1 aliphatic heterocycles. The lowest BCUT2D eigenvalue weighted by molar-refractivity contribution is 1.31. The number of rotatable bonds is 1. The molecule has 19 heavy (non-hydrogen) atoms. The fourth-order valence-corrected chi connectivity index (χ4v) is 3.23. The molecule has 0 saturated heterocycles. The summed E-state index contributed by atoms with van der Waals surface area (Å²) in [5.41, 5.74) is 4.41. The molecule has 3 heteroatoms. The molecule has 0 amide bonds. The summed E-state index contributed by atoms with van der Waals surface area (Å²) in [7, 11) is 0. The Balaban J connectivity index is 2.21. The van der Waals surface area contributed by atoms with Crippen molar-refractivity contribution < 1.29 is 0 Å². The van der Waals surface area contributed by atoms with Gasteiger partial charge in [0.2, 0.25) is 0 Å². The Hall–Kier alpha value is -1.32. The Morgan fingerprint density at radius 2 is 1.89 bits per heavy atom. The normalized spacial score (nSPS) is 14.2. The maximum absolute atomic E-state index is 4.76. The second-order valence-electron chi connectivity index (χ2n) is 4.34. The van der Waals surface area contributed by atoms with Crippen molar-refractivity contribution in [2.45, 2.75) is 11.8 Å². The van der Waals surface area contributed by atoms with Crippen LogP contribution in [0.4, 0.5) is 0 Å². The number of halogens is 1. The van der Waals surface area contributed by atoms with Crippen LogP contribution >= 0.6 is 27.7 Å². The molecular formula is C16H12BrNS. The molecule has 1 heterocycles. The maximum Gasteiger partial charge on any atom is 0.0789 e. The molecule has 0 atom stereocenters. The molecule has 2 aromatic carbocycles. The van der Waals surface area contributed by atoms with Crippen LogP contribution in [0.15, 0.2) is 74.0 Å². The van der Waals surface area contributed by atoms with Crippen LogP contribution in [-0.2, 0) is 0 Å². The summed E-state index contributed by atoms with van der Waals surface area (Å²) >= 11 is 5.26. The van der Waals surface area contributed by atoms with E-state index in [0.29, 0.717) is 0 Å². The van der Waals surface area contributed by atoms with E-state index in [1.165, 1.54) is 10.5 Å². The molecule has 2 aromatic rings. The first kappa shape index (κ1) is 12.7. The molecule has 0 bridgehead atoms. The number of aliphatic imine (C=N–C) groups is 1. The SMILES string of the molecule is CC1=CSc2ccccc2C(c2cccc(Br)c2)=N1. The molecule has 0 aliphatic carbocycles. The van der Waals surface area contributed by atoms with Crippen molar-refractivity contribution in [3.8, 4) is 0 Å². The van der Waals surface area contributed by atoms with E-state index in [0.717, 1.165) is 21.4 Å². The lowest BCUT2D eigenvalue weighted by Gasteiger charge is -2.09. The van der Waals surface area contributed by atoms with E-state index in [-0.39, 0.29) is 0 Å². The highest BCUT2D eigenvalue weighted by molar-refractivity contribution is 9.10. The zero-order chi connectivity index (χ0) is 13.2. The van der Waals surface area contributed by atoms with E-state index >= 15 is 0 Å². The third-order valence-corrected chi connectivity index (χ3v) is 4.45. The molecule has 3 rings (SSSR count). The van der Waals surface area contributed by atoms with Gasteiger partial charge in [-0.1, -0.05) is 58.0 Å². The second kappa shape index (κ2) is 5.35. The van der Waals surface area contributed by atoms with Crippen LogP contribution in [0.25, 0.3) is 0 Å². The van der Waals surface area contributed by atoms with Gasteiger partial charge in [0, 0.05) is 26.2 Å². The van der Waals surface area contributed by atoms with Crippen LogP contribution in [0.1, 0.15) is 18.1 Å². The van der Waals surface area contributed by atoms with Gasteiger partial charge < -0.3 is 0 Å². The molecule has 0 saturated carbocycles. The predicted octanol–water partition coefficient (Wildman–Crippen LogP) is 5.25. The number of hydrogen-bond acceptors (Lipinski definition) is 2. The minimum absolute atomic E-state index is 1.04. The minimum Gasteiger partial charge on any atom is -0.252 e. The third kappa shape index (κ3) is 2.67. The van der Waals surface area contributed by atoms with E-state index < -0.39 is 0 Å². The van der Waals surface area contributed by atoms with Crippen molar-refractivity contribution in [3.05, 3.63) is 75.2 Å². The summed E-state index contributed by atoms with van der Waals surface area (Å²) in [6, 6.07) is 16.7. The molecular weight excluding hydrogens is 318 g/mol. The summed E-state index contributed by atoms with van der Waals surface area (Å²) in [4.78, 5) is 6.01. The molecule has 94 valence electrons. The first-order chi connectivity index (χ1) is 9.24. The summed E-state index contributed by atoms with van der Waals surface area (Å²) in [6.45, 7) is 2.04. The number of nitrogens with zero attached hydrogens (tertiary/aromatic N) is 1. The average Bonchev–Trinajstić information content (AvgIpc) is 2.59. The summed E-state index contributed by atoms with van der Waals surface area (Å²) in [5.74, 6) is 0. The second-order valence-corrected chi connectivity index (χ2v) is 6.17. The van der Waals surface area contributed by atoms with Crippen LogP contribution in [0.2, 0.25) is 0 Å². The van der Waals surface area contributed by atoms with Crippen LogP contribution in [0, 0.1) is 0 Å². The molecule has 0 N–H and O–H groups in total. The van der Waals surface area contributed by atoms with E-state index in [2.05, 4.69) is 57.7 Å². The van der Waals surface area contributed by atoms with Gasteiger partial charge in [-0.2, -0.15) is 0 Å². The van der Waals surface area contributed by atoms with Gasteiger partial charge in [0.25, 0.3) is 0 Å². The zero-order valence-electron chi connectivity index (χ0n) is 10.4. The number of allylic oxidation sites excluding steroid dienone is 1. The lowest BCUT2D eigenvalue weighted by atomic mass is 10.0. The van der Waals surface area contributed by atoms with Gasteiger partial charge in [-0.05, 0) is 30.5 Å². The van der Waals surface area contributed by atoms with Crippen molar-refractivity contribution >= 4 is 33.4 Å². The fraction of sp³-hybridized carbons (Fsp3) is 0.0625. The Kier molecular flexibility index (Phi) is 3.58. The summed E-state index contributed by atoms with van der Waals surface area (Å²) in [5, 5.41) is 2.10. The number of benzene rings is 2. The van der Waals surface area contributed by atoms with Gasteiger partial charge in [-0.25, -0.2) is 0 Å². The Labute approximate surface area is 125 Å². The topological polar surface area (TPSA) is 12.4 Å². The van der Waals surface area contributed by atoms with Crippen LogP contribution < -0.4 is 0 Å². The molecule has 0 aromatic heterocycles. The molecule has 0 radical (unpaired) electrons. The van der Waals surface area contributed by atoms with E-state index in [1.807, 2.05) is 19.1 Å². The molecule has 0 spiro atoms. The van der Waals surface area contributed by atoms with Crippen molar-refractivity contribution in [1.29, 1.82) is 0 Å². The van der Waals surface area contributed by atoms with Gasteiger partial charge in [0.1, 0.15) is 0 Å². The first-order valence-corrected chi connectivity index (χ1v) is 7.69. The molecule has 1 aliphatic rings. The Morgan fingerprint density at radius 1 is 1.05 bits per heavy atom. The predicted molar refractivity (Wildman–Crippen MR) is 85.8 cm³/mol. The van der Waals surface area contributed by atoms with Crippen molar-refractivity contribution in [3.63, 3.8) is 0 Å². The van der Waals surface area contributed by atoms with E-state index in [9.17, 15) is 0 Å². The maximum atomic E-state index is 4.76. The monoisotopic (exact) mass is 329 g/mol. The number of fused-ring (bicyclic) bond motifs is 1. The quantitative estimate of drug-likeness (QED) is 0.695. The number of thioether (sulfide) groups is 1. The largest absolute Gasteiger partial charge is 0.252 e. The highest BCUT2D eigenvalue weighted by Gasteiger charge is 2.14. The van der Waals surface area contributed by atoms with E-state index in [4.69, 9.17) is 4.99 Å². The summed E-state index contributed by atoms with van der Waals surface area (Å²) in [6.07, 6.45) is 0. The minimum atomic E-state index is 1.04. The van der Waals surface area contributed by atoms with Crippen LogP contribution in [0.5, 0.6) is 0 Å². The Bertz CT molecular complexity index is 689. The number of hydrogen-bond donors (Lipinski definition) is 0. The van der Waals surface area contributed by atoms with Gasteiger partial charge in [-0.3, -0.25) is 4.99 Å².